The van der Waals surface area contributed by atoms with Crippen molar-refractivity contribution in [1.82, 2.24) is 10.2 Å². The molecule has 2 saturated carbocycles. The van der Waals surface area contributed by atoms with Gasteiger partial charge in [-0.1, -0.05) is 6.42 Å². The van der Waals surface area contributed by atoms with Gasteiger partial charge in [0.15, 0.2) is 0 Å². The second kappa shape index (κ2) is 6.46. The van der Waals surface area contributed by atoms with Crippen LogP contribution in [-0.2, 0) is 4.79 Å². The molecule has 1 aliphatic heterocycles. The van der Waals surface area contributed by atoms with Crippen molar-refractivity contribution in [2.45, 2.75) is 51.9 Å². The first-order valence-electron chi connectivity index (χ1n) is 8.74. The van der Waals surface area contributed by atoms with Crippen LogP contribution in [0.3, 0.4) is 0 Å². The summed E-state index contributed by atoms with van der Waals surface area (Å²) in [6.45, 7) is 6.28. The summed E-state index contributed by atoms with van der Waals surface area (Å²) in [5, 5.41) is 3.41. The molecule has 1 saturated heterocycles. The van der Waals surface area contributed by atoms with Gasteiger partial charge >= 0.3 is 0 Å². The monoisotopic (exact) mass is 278 g/mol. The van der Waals surface area contributed by atoms with Crippen LogP contribution in [0.2, 0.25) is 0 Å². The topological polar surface area (TPSA) is 32.3 Å². The van der Waals surface area contributed by atoms with E-state index in [1.54, 1.807) is 0 Å². The van der Waals surface area contributed by atoms with Crippen molar-refractivity contribution in [2.24, 2.45) is 23.7 Å². The molecule has 3 rings (SSSR count). The molecule has 3 fully saturated rings. The Bertz CT molecular complexity index is 338. The highest BCUT2D eigenvalue weighted by Crippen LogP contribution is 2.49. The lowest BCUT2D eigenvalue weighted by Gasteiger charge is -2.31. The first-order valence-corrected chi connectivity index (χ1v) is 8.74. The zero-order chi connectivity index (χ0) is 13.9. The molecule has 0 spiro atoms. The van der Waals surface area contributed by atoms with Crippen molar-refractivity contribution in [3.05, 3.63) is 0 Å². The predicted molar refractivity (Wildman–Crippen MR) is 81.4 cm³/mol. The SMILES string of the molecule is CCN(CC1CCNCC1)C(=O)CC1CC2CCC1C2. The molecule has 0 radical (unpaired) electrons. The van der Waals surface area contributed by atoms with Crippen molar-refractivity contribution in [3.63, 3.8) is 0 Å². The van der Waals surface area contributed by atoms with Gasteiger partial charge in [0.05, 0.1) is 0 Å². The molecule has 0 aromatic rings. The minimum Gasteiger partial charge on any atom is -0.343 e. The summed E-state index contributed by atoms with van der Waals surface area (Å²) in [6, 6.07) is 0. The van der Waals surface area contributed by atoms with E-state index in [0.717, 1.165) is 50.4 Å². The summed E-state index contributed by atoms with van der Waals surface area (Å²) < 4.78 is 0. The quantitative estimate of drug-likeness (QED) is 0.838. The zero-order valence-electron chi connectivity index (χ0n) is 12.9. The number of hydrogen-bond acceptors (Lipinski definition) is 2. The van der Waals surface area contributed by atoms with E-state index in [4.69, 9.17) is 0 Å². The van der Waals surface area contributed by atoms with E-state index in [-0.39, 0.29) is 0 Å². The highest BCUT2D eigenvalue weighted by atomic mass is 16.2. The molecule has 0 aromatic heterocycles. The number of nitrogens with zero attached hydrogens (tertiary/aromatic N) is 1. The summed E-state index contributed by atoms with van der Waals surface area (Å²) >= 11 is 0. The summed E-state index contributed by atoms with van der Waals surface area (Å²) in [7, 11) is 0. The number of fused-ring (bicyclic) bond motifs is 2. The molecule has 0 aromatic carbocycles. The van der Waals surface area contributed by atoms with Crippen molar-refractivity contribution < 1.29 is 4.79 Å². The highest BCUT2D eigenvalue weighted by molar-refractivity contribution is 5.76. The maximum atomic E-state index is 12.6. The molecule has 3 aliphatic rings. The lowest BCUT2D eigenvalue weighted by Crippen LogP contribution is -2.40. The van der Waals surface area contributed by atoms with E-state index in [9.17, 15) is 4.79 Å². The van der Waals surface area contributed by atoms with Crippen LogP contribution in [0.25, 0.3) is 0 Å². The van der Waals surface area contributed by atoms with E-state index in [0.29, 0.717) is 11.8 Å². The third-order valence-electron chi connectivity index (χ3n) is 5.99. The molecule has 3 nitrogen and oxygen atoms in total. The van der Waals surface area contributed by atoms with Gasteiger partial charge in [-0.25, -0.2) is 0 Å². The van der Waals surface area contributed by atoms with Gasteiger partial charge in [-0.3, -0.25) is 4.79 Å². The van der Waals surface area contributed by atoms with Crippen LogP contribution in [0.4, 0.5) is 0 Å². The molecule has 3 heteroatoms. The average Bonchev–Trinajstić information content (AvgIpc) is 3.08. The minimum atomic E-state index is 0.434. The summed E-state index contributed by atoms with van der Waals surface area (Å²) in [5.41, 5.74) is 0. The average molecular weight is 278 g/mol. The van der Waals surface area contributed by atoms with E-state index in [1.165, 1.54) is 38.5 Å². The molecule has 1 heterocycles. The Hall–Kier alpha value is -0.570. The van der Waals surface area contributed by atoms with Crippen LogP contribution < -0.4 is 5.32 Å². The summed E-state index contributed by atoms with van der Waals surface area (Å²) in [5.74, 6) is 3.70. The minimum absolute atomic E-state index is 0.434. The Morgan fingerprint density at radius 3 is 2.55 bits per heavy atom. The van der Waals surface area contributed by atoms with Gasteiger partial charge in [-0.15, -0.1) is 0 Å². The Labute approximate surface area is 123 Å². The third-order valence-corrected chi connectivity index (χ3v) is 5.99. The normalized spacial score (nSPS) is 33.5. The Kier molecular flexibility index (Phi) is 4.65. The Morgan fingerprint density at radius 1 is 1.15 bits per heavy atom. The van der Waals surface area contributed by atoms with Crippen LogP contribution in [0.15, 0.2) is 0 Å². The second-order valence-corrected chi connectivity index (χ2v) is 7.26. The number of carbonyl (C=O) groups is 1. The number of carbonyl (C=O) groups excluding carboxylic acids is 1. The molecular weight excluding hydrogens is 248 g/mol. The van der Waals surface area contributed by atoms with Gasteiger partial charge in [0, 0.05) is 19.5 Å². The highest BCUT2D eigenvalue weighted by Gasteiger charge is 2.40. The zero-order valence-corrected chi connectivity index (χ0v) is 12.9. The molecular formula is C17H30N2O. The van der Waals surface area contributed by atoms with Gasteiger partial charge in [-0.05, 0) is 75.8 Å². The molecule has 3 unspecified atom stereocenters. The number of hydrogen-bond donors (Lipinski definition) is 1. The maximum absolute atomic E-state index is 12.6. The lowest BCUT2D eigenvalue weighted by atomic mass is 9.86. The first kappa shape index (κ1) is 14.4. The van der Waals surface area contributed by atoms with Crippen molar-refractivity contribution in [2.75, 3.05) is 26.2 Å². The Morgan fingerprint density at radius 2 is 1.95 bits per heavy atom. The molecule has 2 bridgehead atoms. The predicted octanol–water partition coefficient (Wildman–Crippen LogP) is 2.66. The molecule has 1 N–H and O–H groups in total. The molecule has 2 aliphatic carbocycles. The molecule has 20 heavy (non-hydrogen) atoms. The van der Waals surface area contributed by atoms with Gasteiger partial charge < -0.3 is 10.2 Å². The van der Waals surface area contributed by atoms with Gasteiger partial charge in [-0.2, -0.15) is 0 Å². The number of rotatable bonds is 5. The van der Waals surface area contributed by atoms with Crippen LogP contribution in [-0.4, -0.2) is 37.0 Å². The third kappa shape index (κ3) is 3.19. The Balaban J connectivity index is 1.48. The largest absolute Gasteiger partial charge is 0.343 e. The molecule has 3 atom stereocenters. The smallest absolute Gasteiger partial charge is 0.222 e. The summed E-state index contributed by atoms with van der Waals surface area (Å²) in [6.07, 6.45) is 8.88. The number of piperidine rings is 1. The maximum Gasteiger partial charge on any atom is 0.222 e. The first-order chi connectivity index (χ1) is 9.76. The van der Waals surface area contributed by atoms with Crippen LogP contribution in [0, 0.1) is 23.7 Å². The number of nitrogens with one attached hydrogen (secondary N) is 1. The molecule has 114 valence electrons. The van der Waals surface area contributed by atoms with E-state index in [1.807, 2.05) is 0 Å². The summed E-state index contributed by atoms with van der Waals surface area (Å²) in [4.78, 5) is 14.7. The van der Waals surface area contributed by atoms with Crippen molar-refractivity contribution in [3.8, 4) is 0 Å². The van der Waals surface area contributed by atoms with Crippen LogP contribution in [0.1, 0.15) is 51.9 Å². The lowest BCUT2D eigenvalue weighted by molar-refractivity contribution is -0.133. The van der Waals surface area contributed by atoms with Gasteiger partial charge in [0.1, 0.15) is 0 Å². The van der Waals surface area contributed by atoms with Crippen molar-refractivity contribution in [1.29, 1.82) is 0 Å². The van der Waals surface area contributed by atoms with Gasteiger partial charge in [0.25, 0.3) is 0 Å². The van der Waals surface area contributed by atoms with Gasteiger partial charge in [0.2, 0.25) is 5.91 Å². The fourth-order valence-electron chi connectivity index (χ4n) is 4.76. The number of amides is 1. The van der Waals surface area contributed by atoms with E-state index in [2.05, 4.69) is 17.1 Å². The fraction of sp³-hybridized carbons (Fsp3) is 0.941. The van der Waals surface area contributed by atoms with Crippen LogP contribution in [0.5, 0.6) is 0 Å². The second-order valence-electron chi connectivity index (χ2n) is 7.26. The fourth-order valence-corrected chi connectivity index (χ4v) is 4.76. The van der Waals surface area contributed by atoms with E-state index < -0.39 is 0 Å². The van der Waals surface area contributed by atoms with Crippen LogP contribution >= 0.6 is 0 Å². The molecule has 1 amide bonds. The van der Waals surface area contributed by atoms with Crippen molar-refractivity contribution >= 4 is 5.91 Å². The van der Waals surface area contributed by atoms with E-state index >= 15 is 0 Å². The standard InChI is InChI=1S/C17H30N2O/c1-2-19(12-13-5-7-18-8-6-13)17(20)11-16-10-14-3-4-15(16)9-14/h13-16,18H,2-12H2,1H3.